The van der Waals surface area contributed by atoms with Crippen molar-refractivity contribution in [2.45, 2.75) is 13.5 Å². The number of amides is 1. The number of hydrogen-bond donors (Lipinski definition) is 1. The number of rotatable bonds is 9. The summed E-state index contributed by atoms with van der Waals surface area (Å²) in [5, 5.41) is 2.69. The lowest BCUT2D eigenvalue weighted by Gasteiger charge is -2.11. The van der Waals surface area contributed by atoms with Gasteiger partial charge in [0.15, 0.2) is 18.1 Å². The summed E-state index contributed by atoms with van der Waals surface area (Å²) < 4.78 is 20.9. The van der Waals surface area contributed by atoms with Crippen LogP contribution in [-0.4, -0.2) is 39.3 Å². The Morgan fingerprint density at radius 1 is 0.963 bits per heavy atom. The monoisotopic (exact) mass is 373 g/mol. The number of carbonyl (C=O) groups is 2. The molecule has 2 rings (SSSR count). The predicted molar refractivity (Wildman–Crippen MR) is 99.3 cm³/mol. The topological polar surface area (TPSA) is 83.1 Å². The Kier molecular flexibility index (Phi) is 7.49. The average molecular weight is 373 g/mol. The van der Waals surface area contributed by atoms with Gasteiger partial charge in [0, 0.05) is 12.1 Å². The molecule has 7 nitrogen and oxygen atoms in total. The number of carbonyl (C=O) groups excluding carboxylic acids is 2. The van der Waals surface area contributed by atoms with Crippen LogP contribution in [0.3, 0.4) is 0 Å². The molecule has 0 saturated carbocycles. The standard InChI is InChI=1S/C20H23NO6/c1-4-26-18-11-14(9-10-17(18)25-3)20(23)27-13-19(22)21-12-15-7-5-6-8-16(15)24-2/h5-11H,4,12-13H2,1-3H3,(H,21,22). The van der Waals surface area contributed by atoms with Crippen LogP contribution >= 0.6 is 0 Å². The van der Waals surface area contributed by atoms with Crippen molar-refractivity contribution in [1.29, 1.82) is 0 Å². The lowest BCUT2D eigenvalue weighted by molar-refractivity contribution is -0.124. The largest absolute Gasteiger partial charge is 0.496 e. The third-order valence-electron chi connectivity index (χ3n) is 3.70. The van der Waals surface area contributed by atoms with Crippen LogP contribution in [0.1, 0.15) is 22.8 Å². The molecule has 0 aromatic heterocycles. The minimum atomic E-state index is -0.619. The molecule has 1 amide bonds. The number of ether oxygens (including phenoxy) is 4. The maximum Gasteiger partial charge on any atom is 0.338 e. The highest BCUT2D eigenvalue weighted by molar-refractivity contribution is 5.92. The van der Waals surface area contributed by atoms with Crippen molar-refractivity contribution >= 4 is 11.9 Å². The second-order valence-electron chi connectivity index (χ2n) is 5.46. The summed E-state index contributed by atoms with van der Waals surface area (Å²) in [6.07, 6.45) is 0. The Morgan fingerprint density at radius 3 is 2.41 bits per heavy atom. The molecule has 144 valence electrons. The molecule has 0 aliphatic heterocycles. The van der Waals surface area contributed by atoms with E-state index in [1.54, 1.807) is 25.3 Å². The van der Waals surface area contributed by atoms with E-state index >= 15 is 0 Å². The van der Waals surface area contributed by atoms with Crippen LogP contribution in [0, 0.1) is 0 Å². The zero-order chi connectivity index (χ0) is 19.6. The molecule has 0 radical (unpaired) electrons. The molecule has 0 bridgehead atoms. The number of methoxy groups -OCH3 is 2. The van der Waals surface area contributed by atoms with E-state index < -0.39 is 11.9 Å². The maximum atomic E-state index is 12.2. The Labute approximate surface area is 158 Å². The van der Waals surface area contributed by atoms with E-state index in [0.29, 0.717) is 23.9 Å². The lowest BCUT2D eigenvalue weighted by Crippen LogP contribution is -2.28. The van der Waals surface area contributed by atoms with Gasteiger partial charge in [0.25, 0.3) is 5.91 Å². The predicted octanol–water partition coefficient (Wildman–Crippen LogP) is 2.58. The highest BCUT2D eigenvalue weighted by Crippen LogP contribution is 2.28. The fourth-order valence-electron chi connectivity index (χ4n) is 2.38. The summed E-state index contributed by atoms with van der Waals surface area (Å²) in [4.78, 5) is 24.1. The smallest absolute Gasteiger partial charge is 0.338 e. The Morgan fingerprint density at radius 2 is 1.70 bits per heavy atom. The Bertz CT molecular complexity index is 790. The van der Waals surface area contributed by atoms with Crippen LogP contribution in [0.25, 0.3) is 0 Å². The van der Waals surface area contributed by atoms with Crippen molar-refractivity contribution in [2.75, 3.05) is 27.4 Å². The molecular weight excluding hydrogens is 350 g/mol. The molecule has 0 unspecified atom stereocenters. The van der Waals surface area contributed by atoms with Gasteiger partial charge in [-0.1, -0.05) is 18.2 Å². The molecule has 0 fully saturated rings. The molecule has 1 N–H and O–H groups in total. The molecule has 0 saturated heterocycles. The number of benzene rings is 2. The van der Waals surface area contributed by atoms with E-state index in [0.717, 1.165) is 5.56 Å². The number of esters is 1. The van der Waals surface area contributed by atoms with Crippen molar-refractivity contribution < 1.29 is 28.5 Å². The van der Waals surface area contributed by atoms with E-state index in [2.05, 4.69) is 5.32 Å². The van der Waals surface area contributed by atoms with E-state index in [-0.39, 0.29) is 18.7 Å². The molecular formula is C20H23NO6. The minimum absolute atomic E-state index is 0.275. The van der Waals surface area contributed by atoms with Crippen molar-refractivity contribution in [2.24, 2.45) is 0 Å². The second kappa shape index (κ2) is 10.1. The van der Waals surface area contributed by atoms with Crippen LogP contribution in [0.5, 0.6) is 17.2 Å². The third-order valence-corrected chi connectivity index (χ3v) is 3.70. The van der Waals surface area contributed by atoms with Crippen molar-refractivity contribution in [1.82, 2.24) is 5.32 Å². The SMILES string of the molecule is CCOc1cc(C(=O)OCC(=O)NCc2ccccc2OC)ccc1OC. The molecule has 0 aliphatic rings. The van der Waals surface area contributed by atoms with Crippen molar-refractivity contribution in [3.05, 3.63) is 53.6 Å². The number of nitrogens with one attached hydrogen (secondary N) is 1. The first kappa shape index (κ1) is 20.1. The molecule has 0 spiro atoms. The highest BCUT2D eigenvalue weighted by Gasteiger charge is 2.14. The van der Waals surface area contributed by atoms with Crippen molar-refractivity contribution in [3.8, 4) is 17.2 Å². The Balaban J connectivity index is 1.89. The molecule has 0 heterocycles. The first-order valence-electron chi connectivity index (χ1n) is 8.45. The summed E-state index contributed by atoms with van der Waals surface area (Å²) in [7, 11) is 3.08. The maximum absolute atomic E-state index is 12.2. The van der Waals surface area contributed by atoms with Gasteiger partial charge in [-0.3, -0.25) is 4.79 Å². The van der Waals surface area contributed by atoms with Gasteiger partial charge in [-0.05, 0) is 31.2 Å². The van der Waals surface area contributed by atoms with Gasteiger partial charge in [0.05, 0.1) is 26.4 Å². The first-order chi connectivity index (χ1) is 13.1. The van der Waals surface area contributed by atoms with E-state index in [1.165, 1.54) is 13.2 Å². The fraction of sp³-hybridized carbons (Fsp3) is 0.300. The fourth-order valence-corrected chi connectivity index (χ4v) is 2.38. The van der Waals surface area contributed by atoms with Gasteiger partial charge in [-0.2, -0.15) is 0 Å². The second-order valence-corrected chi connectivity index (χ2v) is 5.46. The average Bonchev–Trinajstić information content (AvgIpc) is 2.70. The van der Waals surface area contributed by atoms with Gasteiger partial charge in [0.2, 0.25) is 0 Å². The summed E-state index contributed by atoms with van der Waals surface area (Å²) in [6.45, 7) is 2.15. The van der Waals surface area contributed by atoms with Gasteiger partial charge in [-0.25, -0.2) is 4.79 Å². The molecule has 27 heavy (non-hydrogen) atoms. The van der Waals surface area contributed by atoms with Gasteiger partial charge in [0.1, 0.15) is 5.75 Å². The lowest BCUT2D eigenvalue weighted by atomic mass is 10.2. The van der Waals surface area contributed by atoms with Gasteiger partial charge in [-0.15, -0.1) is 0 Å². The summed E-state index contributed by atoms with van der Waals surface area (Å²) in [5.74, 6) is 0.605. The molecule has 2 aromatic rings. The van der Waals surface area contributed by atoms with E-state index in [9.17, 15) is 9.59 Å². The van der Waals surface area contributed by atoms with Gasteiger partial charge < -0.3 is 24.3 Å². The Hall–Kier alpha value is -3.22. The summed E-state index contributed by atoms with van der Waals surface area (Å²) in [5.41, 5.74) is 1.10. The highest BCUT2D eigenvalue weighted by atomic mass is 16.5. The summed E-state index contributed by atoms with van der Waals surface area (Å²) in [6, 6.07) is 12.0. The quantitative estimate of drug-likeness (QED) is 0.680. The first-order valence-corrected chi connectivity index (χ1v) is 8.45. The molecule has 0 aliphatic carbocycles. The number of para-hydroxylation sites is 1. The summed E-state index contributed by atoms with van der Waals surface area (Å²) >= 11 is 0. The van der Waals surface area contributed by atoms with Crippen LogP contribution in [0.2, 0.25) is 0 Å². The molecule has 0 atom stereocenters. The third kappa shape index (κ3) is 5.64. The van der Waals surface area contributed by atoms with Crippen LogP contribution in [-0.2, 0) is 16.1 Å². The van der Waals surface area contributed by atoms with E-state index in [1.807, 2.05) is 25.1 Å². The molecule has 7 heteroatoms. The zero-order valence-electron chi connectivity index (χ0n) is 15.6. The minimum Gasteiger partial charge on any atom is -0.496 e. The number of hydrogen-bond acceptors (Lipinski definition) is 6. The normalized spacial score (nSPS) is 10.0. The van der Waals surface area contributed by atoms with E-state index in [4.69, 9.17) is 18.9 Å². The van der Waals surface area contributed by atoms with Crippen LogP contribution in [0.4, 0.5) is 0 Å². The molecule has 2 aromatic carbocycles. The van der Waals surface area contributed by atoms with Gasteiger partial charge >= 0.3 is 5.97 Å². The van der Waals surface area contributed by atoms with Crippen LogP contribution < -0.4 is 19.5 Å². The zero-order valence-corrected chi connectivity index (χ0v) is 15.6. The van der Waals surface area contributed by atoms with Crippen molar-refractivity contribution in [3.63, 3.8) is 0 Å². The van der Waals surface area contributed by atoms with Crippen LogP contribution in [0.15, 0.2) is 42.5 Å².